The SMILES string of the molecule is Cc1cc(Oc2cccnc2)ccc1NC(=O)CCc1c[nH]c2ccccc12. The van der Waals surface area contributed by atoms with Crippen molar-refractivity contribution in [1.29, 1.82) is 0 Å². The number of aromatic nitrogens is 2. The summed E-state index contributed by atoms with van der Waals surface area (Å²) in [6.07, 6.45) is 6.46. The maximum atomic E-state index is 12.4. The van der Waals surface area contributed by atoms with Crippen molar-refractivity contribution in [2.75, 3.05) is 5.32 Å². The van der Waals surface area contributed by atoms with Crippen molar-refractivity contribution >= 4 is 22.5 Å². The number of aromatic amines is 1. The highest BCUT2D eigenvalue weighted by molar-refractivity contribution is 5.92. The van der Waals surface area contributed by atoms with Crippen LogP contribution in [0.2, 0.25) is 0 Å². The summed E-state index contributed by atoms with van der Waals surface area (Å²) in [6, 6.07) is 17.4. The molecule has 2 aromatic heterocycles. The maximum Gasteiger partial charge on any atom is 0.224 e. The van der Waals surface area contributed by atoms with Gasteiger partial charge in [-0.25, -0.2) is 0 Å². The number of amides is 1. The number of carbonyl (C=O) groups excluding carboxylic acids is 1. The van der Waals surface area contributed by atoms with Crippen molar-refractivity contribution in [2.24, 2.45) is 0 Å². The van der Waals surface area contributed by atoms with Crippen LogP contribution in [-0.2, 0) is 11.2 Å². The molecule has 1 amide bonds. The Morgan fingerprint density at radius 3 is 2.82 bits per heavy atom. The number of anilines is 1. The number of aryl methyl sites for hydroxylation is 2. The van der Waals surface area contributed by atoms with E-state index in [-0.39, 0.29) is 5.91 Å². The Morgan fingerprint density at radius 1 is 1.11 bits per heavy atom. The third kappa shape index (κ3) is 4.04. The summed E-state index contributed by atoms with van der Waals surface area (Å²) < 4.78 is 5.78. The molecule has 0 atom stereocenters. The highest BCUT2D eigenvalue weighted by atomic mass is 16.5. The Morgan fingerprint density at radius 2 is 2.00 bits per heavy atom. The van der Waals surface area contributed by atoms with E-state index < -0.39 is 0 Å². The number of fused-ring (bicyclic) bond motifs is 1. The number of hydrogen-bond donors (Lipinski definition) is 2. The lowest BCUT2D eigenvalue weighted by atomic mass is 10.1. The van der Waals surface area contributed by atoms with Gasteiger partial charge in [-0.15, -0.1) is 0 Å². The quantitative estimate of drug-likeness (QED) is 0.487. The molecule has 2 aromatic carbocycles. The average Bonchev–Trinajstić information content (AvgIpc) is 3.12. The number of benzene rings is 2. The number of hydrogen-bond acceptors (Lipinski definition) is 3. The molecule has 0 saturated carbocycles. The molecule has 4 aromatic rings. The van der Waals surface area contributed by atoms with Crippen LogP contribution in [-0.4, -0.2) is 15.9 Å². The fourth-order valence-corrected chi connectivity index (χ4v) is 3.18. The molecule has 140 valence electrons. The number of pyridine rings is 1. The molecule has 5 heteroatoms. The number of carbonyl (C=O) groups is 1. The van der Waals surface area contributed by atoms with Gasteiger partial charge in [0.25, 0.3) is 0 Å². The topological polar surface area (TPSA) is 67.0 Å². The lowest BCUT2D eigenvalue weighted by Crippen LogP contribution is -2.13. The van der Waals surface area contributed by atoms with Crippen LogP contribution in [0.15, 0.2) is 73.2 Å². The smallest absolute Gasteiger partial charge is 0.224 e. The average molecular weight is 371 g/mol. The fourth-order valence-electron chi connectivity index (χ4n) is 3.18. The monoisotopic (exact) mass is 371 g/mol. The van der Waals surface area contributed by atoms with E-state index in [1.54, 1.807) is 12.4 Å². The third-order valence-electron chi connectivity index (χ3n) is 4.64. The molecular weight excluding hydrogens is 350 g/mol. The molecule has 0 aliphatic carbocycles. The van der Waals surface area contributed by atoms with E-state index in [1.165, 1.54) is 5.39 Å². The Hall–Kier alpha value is -3.60. The Kier molecular flexibility index (Phi) is 5.06. The van der Waals surface area contributed by atoms with Gasteiger partial charge in [-0.2, -0.15) is 0 Å². The molecule has 28 heavy (non-hydrogen) atoms. The molecule has 0 bridgehead atoms. The van der Waals surface area contributed by atoms with Crippen LogP contribution in [0.25, 0.3) is 10.9 Å². The summed E-state index contributed by atoms with van der Waals surface area (Å²) in [5, 5.41) is 4.16. The second kappa shape index (κ2) is 7.96. The molecule has 0 unspecified atom stereocenters. The third-order valence-corrected chi connectivity index (χ3v) is 4.64. The van der Waals surface area contributed by atoms with Crippen LogP contribution >= 0.6 is 0 Å². The Bertz CT molecular complexity index is 1100. The lowest BCUT2D eigenvalue weighted by Gasteiger charge is -2.11. The van der Waals surface area contributed by atoms with Gasteiger partial charge in [-0.1, -0.05) is 18.2 Å². The number of nitrogens with one attached hydrogen (secondary N) is 2. The van der Waals surface area contributed by atoms with Crippen molar-refractivity contribution in [3.8, 4) is 11.5 Å². The number of H-pyrrole nitrogens is 1. The first kappa shape index (κ1) is 17.8. The van der Waals surface area contributed by atoms with Gasteiger partial charge in [0.1, 0.15) is 11.5 Å². The van der Waals surface area contributed by atoms with Gasteiger partial charge in [0.05, 0.1) is 6.20 Å². The largest absolute Gasteiger partial charge is 0.456 e. The van der Waals surface area contributed by atoms with Gasteiger partial charge in [0.2, 0.25) is 5.91 Å². The van der Waals surface area contributed by atoms with Crippen molar-refractivity contribution in [3.05, 3.63) is 84.3 Å². The van der Waals surface area contributed by atoms with Crippen LogP contribution in [0.3, 0.4) is 0 Å². The van der Waals surface area contributed by atoms with Gasteiger partial charge >= 0.3 is 0 Å². The second-order valence-electron chi connectivity index (χ2n) is 6.68. The van der Waals surface area contributed by atoms with Crippen LogP contribution in [0.4, 0.5) is 5.69 Å². The minimum absolute atomic E-state index is 0.00527. The molecule has 0 spiro atoms. The highest BCUT2D eigenvalue weighted by Gasteiger charge is 2.09. The van der Waals surface area contributed by atoms with Gasteiger partial charge in [-0.05, 0) is 60.9 Å². The number of ether oxygens (including phenoxy) is 1. The fraction of sp³-hybridized carbons (Fsp3) is 0.130. The van der Waals surface area contributed by atoms with Gasteiger partial charge in [-0.3, -0.25) is 9.78 Å². The molecule has 0 fully saturated rings. The highest BCUT2D eigenvalue weighted by Crippen LogP contribution is 2.26. The first-order valence-electron chi connectivity index (χ1n) is 9.22. The molecule has 0 saturated heterocycles. The zero-order valence-electron chi connectivity index (χ0n) is 15.6. The van der Waals surface area contributed by atoms with Crippen molar-refractivity contribution < 1.29 is 9.53 Å². The molecule has 0 radical (unpaired) electrons. The van der Waals surface area contributed by atoms with Gasteiger partial charge in [0, 0.05) is 35.4 Å². The van der Waals surface area contributed by atoms with E-state index in [1.807, 2.05) is 61.7 Å². The van der Waals surface area contributed by atoms with Crippen molar-refractivity contribution in [1.82, 2.24) is 9.97 Å². The Balaban J connectivity index is 1.37. The minimum Gasteiger partial charge on any atom is -0.456 e. The summed E-state index contributed by atoms with van der Waals surface area (Å²) in [4.78, 5) is 19.7. The predicted octanol–water partition coefficient (Wildman–Crippen LogP) is 5.23. The van der Waals surface area contributed by atoms with E-state index >= 15 is 0 Å². The molecule has 0 aliphatic rings. The maximum absolute atomic E-state index is 12.4. The summed E-state index contributed by atoms with van der Waals surface area (Å²) in [5.74, 6) is 1.38. The standard InChI is InChI=1S/C23H21N3O2/c1-16-13-18(28-19-5-4-12-24-15-19)9-10-21(16)26-23(27)11-8-17-14-25-22-7-3-2-6-20(17)22/h2-7,9-10,12-15,25H,8,11H2,1H3,(H,26,27). The lowest BCUT2D eigenvalue weighted by molar-refractivity contribution is -0.116. The molecular formula is C23H21N3O2. The van der Waals surface area contributed by atoms with Crippen LogP contribution < -0.4 is 10.1 Å². The second-order valence-corrected chi connectivity index (χ2v) is 6.68. The molecule has 4 rings (SSSR count). The van der Waals surface area contributed by atoms with Crippen LogP contribution in [0, 0.1) is 6.92 Å². The normalized spacial score (nSPS) is 10.8. The van der Waals surface area contributed by atoms with Gasteiger partial charge in [0.15, 0.2) is 0 Å². The summed E-state index contributed by atoms with van der Waals surface area (Å²) in [5.41, 5.74) is 3.99. The molecule has 0 aliphatic heterocycles. The van der Waals surface area contributed by atoms with E-state index in [4.69, 9.17) is 4.74 Å². The molecule has 5 nitrogen and oxygen atoms in total. The van der Waals surface area contributed by atoms with Gasteiger partial charge < -0.3 is 15.0 Å². The predicted molar refractivity (Wildman–Crippen MR) is 111 cm³/mol. The van der Waals surface area contributed by atoms with E-state index in [2.05, 4.69) is 21.4 Å². The van der Waals surface area contributed by atoms with Crippen molar-refractivity contribution in [3.63, 3.8) is 0 Å². The number of nitrogens with zero attached hydrogens (tertiary/aromatic N) is 1. The first-order valence-corrected chi connectivity index (χ1v) is 9.22. The molecule has 2 N–H and O–H groups in total. The van der Waals surface area contributed by atoms with Crippen LogP contribution in [0.5, 0.6) is 11.5 Å². The minimum atomic E-state index is -0.00527. The summed E-state index contributed by atoms with van der Waals surface area (Å²) in [6.45, 7) is 1.95. The molecule has 2 heterocycles. The summed E-state index contributed by atoms with van der Waals surface area (Å²) >= 11 is 0. The number of para-hydroxylation sites is 1. The van der Waals surface area contributed by atoms with Crippen LogP contribution in [0.1, 0.15) is 17.5 Å². The number of rotatable bonds is 6. The van der Waals surface area contributed by atoms with E-state index in [9.17, 15) is 4.79 Å². The van der Waals surface area contributed by atoms with E-state index in [0.29, 0.717) is 24.3 Å². The Labute approximate surface area is 163 Å². The first-order chi connectivity index (χ1) is 13.7. The van der Waals surface area contributed by atoms with Crippen molar-refractivity contribution in [2.45, 2.75) is 19.8 Å². The zero-order chi connectivity index (χ0) is 19.3. The van der Waals surface area contributed by atoms with E-state index in [0.717, 1.165) is 22.3 Å². The summed E-state index contributed by atoms with van der Waals surface area (Å²) in [7, 11) is 0. The zero-order valence-corrected chi connectivity index (χ0v) is 15.6.